The number of aliphatic hydroxyl groups excluding tert-OH is 1. The Kier molecular flexibility index (Phi) is 5.57. The molecule has 0 heterocycles. The van der Waals surface area contributed by atoms with Gasteiger partial charge in [0, 0.05) is 0 Å². The summed E-state index contributed by atoms with van der Waals surface area (Å²) in [6, 6.07) is 0. The fourth-order valence-corrected chi connectivity index (χ4v) is 0.951. The van der Waals surface area contributed by atoms with E-state index in [0.717, 1.165) is 5.57 Å². The largest absolute Gasteiger partial charge is 0.392 e. The maximum atomic E-state index is 8.59. The lowest BCUT2D eigenvalue weighted by Crippen LogP contribution is -1.94. The van der Waals surface area contributed by atoms with E-state index in [9.17, 15) is 0 Å². The van der Waals surface area contributed by atoms with Gasteiger partial charge in [-0.15, -0.1) is 9.24 Å². The van der Waals surface area contributed by atoms with Gasteiger partial charge in [-0.2, -0.15) is 0 Å². The van der Waals surface area contributed by atoms with Crippen molar-refractivity contribution in [2.75, 3.05) is 6.61 Å². The van der Waals surface area contributed by atoms with Crippen molar-refractivity contribution in [2.45, 2.75) is 19.5 Å². The SMILES string of the molecule is CC=CC(=CCO)C(C)P. The minimum Gasteiger partial charge on any atom is -0.392 e. The predicted molar refractivity (Wildman–Crippen MR) is 49.2 cm³/mol. The minimum atomic E-state index is 0.123. The van der Waals surface area contributed by atoms with Crippen LogP contribution in [0.25, 0.3) is 0 Å². The fourth-order valence-electron chi connectivity index (χ4n) is 0.704. The quantitative estimate of drug-likeness (QED) is 0.490. The Morgan fingerprint density at radius 3 is 2.60 bits per heavy atom. The molecule has 0 bridgehead atoms. The number of hydrogen-bond acceptors (Lipinski definition) is 1. The van der Waals surface area contributed by atoms with Crippen LogP contribution in [0.2, 0.25) is 0 Å². The smallest absolute Gasteiger partial charge is 0.0618 e. The van der Waals surface area contributed by atoms with E-state index in [1.807, 2.05) is 25.2 Å². The van der Waals surface area contributed by atoms with Gasteiger partial charge in [-0.1, -0.05) is 25.2 Å². The standard InChI is InChI=1S/C8H15OP/c1-3-4-8(5-6-9)7(2)10/h3-5,7,9H,6,10H2,1-2H3. The third kappa shape index (κ3) is 3.81. The van der Waals surface area contributed by atoms with Crippen molar-refractivity contribution in [3.05, 3.63) is 23.8 Å². The highest BCUT2D eigenvalue weighted by Crippen LogP contribution is 2.12. The lowest BCUT2D eigenvalue weighted by atomic mass is 10.2. The Balaban J connectivity index is 4.11. The van der Waals surface area contributed by atoms with Gasteiger partial charge >= 0.3 is 0 Å². The van der Waals surface area contributed by atoms with Crippen molar-refractivity contribution >= 4 is 9.24 Å². The summed E-state index contributed by atoms with van der Waals surface area (Å²) in [7, 11) is 2.69. The molecule has 58 valence electrons. The monoisotopic (exact) mass is 158 g/mol. The van der Waals surface area contributed by atoms with Crippen molar-refractivity contribution in [3.8, 4) is 0 Å². The molecule has 0 saturated heterocycles. The number of rotatable bonds is 3. The summed E-state index contributed by atoms with van der Waals surface area (Å²) in [5.74, 6) is 0. The van der Waals surface area contributed by atoms with Crippen LogP contribution in [0.1, 0.15) is 13.8 Å². The molecule has 2 unspecified atom stereocenters. The van der Waals surface area contributed by atoms with Gasteiger partial charge < -0.3 is 5.11 Å². The molecule has 0 aromatic heterocycles. The highest BCUT2D eigenvalue weighted by atomic mass is 31.0. The van der Waals surface area contributed by atoms with E-state index in [0.29, 0.717) is 5.66 Å². The summed E-state index contributed by atoms with van der Waals surface area (Å²) >= 11 is 0. The summed E-state index contributed by atoms with van der Waals surface area (Å²) in [6.45, 7) is 4.17. The van der Waals surface area contributed by atoms with E-state index in [1.165, 1.54) is 0 Å². The molecule has 0 rings (SSSR count). The molecule has 0 spiro atoms. The normalized spacial score (nSPS) is 16.2. The molecule has 2 atom stereocenters. The Bertz CT molecular complexity index is 136. The topological polar surface area (TPSA) is 20.2 Å². The average molecular weight is 158 g/mol. The molecule has 0 aromatic carbocycles. The summed E-state index contributed by atoms with van der Waals surface area (Å²) in [6.07, 6.45) is 5.80. The zero-order valence-corrected chi connectivity index (χ0v) is 7.70. The van der Waals surface area contributed by atoms with Crippen LogP contribution in [0.3, 0.4) is 0 Å². The van der Waals surface area contributed by atoms with Gasteiger partial charge in [0.2, 0.25) is 0 Å². The van der Waals surface area contributed by atoms with Gasteiger partial charge in [-0.25, -0.2) is 0 Å². The van der Waals surface area contributed by atoms with Crippen molar-refractivity contribution in [3.63, 3.8) is 0 Å². The van der Waals surface area contributed by atoms with Crippen LogP contribution in [-0.4, -0.2) is 17.4 Å². The van der Waals surface area contributed by atoms with Gasteiger partial charge in [0.15, 0.2) is 0 Å². The molecule has 0 aliphatic heterocycles. The first kappa shape index (κ1) is 9.87. The zero-order valence-electron chi connectivity index (χ0n) is 6.54. The molecule has 0 aliphatic rings. The molecule has 0 aromatic rings. The van der Waals surface area contributed by atoms with Crippen LogP contribution in [0, 0.1) is 0 Å². The van der Waals surface area contributed by atoms with E-state index in [1.54, 1.807) is 0 Å². The van der Waals surface area contributed by atoms with Crippen LogP contribution in [0.5, 0.6) is 0 Å². The van der Waals surface area contributed by atoms with Gasteiger partial charge in [-0.3, -0.25) is 0 Å². The first-order valence-electron chi connectivity index (χ1n) is 3.41. The van der Waals surface area contributed by atoms with E-state index in [2.05, 4.69) is 16.2 Å². The maximum absolute atomic E-state index is 8.59. The second-order valence-corrected chi connectivity index (χ2v) is 3.18. The first-order valence-corrected chi connectivity index (χ1v) is 4.08. The second-order valence-electron chi connectivity index (χ2n) is 2.18. The zero-order chi connectivity index (χ0) is 7.98. The van der Waals surface area contributed by atoms with Crippen LogP contribution in [0.15, 0.2) is 23.8 Å². The minimum absolute atomic E-state index is 0.123. The fraction of sp³-hybridized carbons (Fsp3) is 0.500. The molecular weight excluding hydrogens is 143 g/mol. The summed E-state index contributed by atoms with van der Waals surface area (Å²) in [5, 5.41) is 8.59. The molecule has 0 fully saturated rings. The number of allylic oxidation sites excluding steroid dienone is 3. The lowest BCUT2D eigenvalue weighted by Gasteiger charge is -2.04. The molecular formula is C8H15OP. The third-order valence-electron chi connectivity index (χ3n) is 1.21. The summed E-state index contributed by atoms with van der Waals surface area (Å²) < 4.78 is 0. The molecule has 1 N–H and O–H groups in total. The second kappa shape index (κ2) is 5.64. The van der Waals surface area contributed by atoms with Crippen molar-refractivity contribution in [1.82, 2.24) is 0 Å². The van der Waals surface area contributed by atoms with Gasteiger partial charge in [0.1, 0.15) is 0 Å². The Hall–Kier alpha value is -0.130. The summed E-state index contributed by atoms with van der Waals surface area (Å²) in [4.78, 5) is 0. The highest BCUT2D eigenvalue weighted by Gasteiger charge is 1.96. The first-order chi connectivity index (χ1) is 4.72. The van der Waals surface area contributed by atoms with Crippen LogP contribution in [-0.2, 0) is 0 Å². The molecule has 1 nitrogen and oxygen atoms in total. The number of hydrogen-bond donors (Lipinski definition) is 1. The third-order valence-corrected chi connectivity index (χ3v) is 1.60. The Morgan fingerprint density at radius 2 is 2.30 bits per heavy atom. The predicted octanol–water partition coefficient (Wildman–Crippen LogP) is 1.74. The van der Waals surface area contributed by atoms with Crippen molar-refractivity contribution in [1.29, 1.82) is 0 Å². The Morgan fingerprint density at radius 1 is 1.70 bits per heavy atom. The maximum Gasteiger partial charge on any atom is 0.0618 e. The van der Waals surface area contributed by atoms with Gasteiger partial charge in [0.25, 0.3) is 0 Å². The molecule has 10 heavy (non-hydrogen) atoms. The molecule has 0 radical (unpaired) electrons. The molecule has 0 aliphatic carbocycles. The highest BCUT2D eigenvalue weighted by molar-refractivity contribution is 7.18. The average Bonchev–Trinajstić information content (AvgIpc) is 1.87. The lowest BCUT2D eigenvalue weighted by molar-refractivity contribution is 0.342. The van der Waals surface area contributed by atoms with Crippen LogP contribution >= 0.6 is 9.24 Å². The Labute approximate surface area is 65.0 Å². The van der Waals surface area contributed by atoms with E-state index in [4.69, 9.17) is 5.11 Å². The van der Waals surface area contributed by atoms with E-state index in [-0.39, 0.29) is 6.61 Å². The molecule has 0 saturated carbocycles. The van der Waals surface area contributed by atoms with E-state index < -0.39 is 0 Å². The van der Waals surface area contributed by atoms with E-state index >= 15 is 0 Å². The summed E-state index contributed by atoms with van der Waals surface area (Å²) in [5.41, 5.74) is 1.58. The van der Waals surface area contributed by atoms with Gasteiger partial charge in [0.05, 0.1) is 6.61 Å². The van der Waals surface area contributed by atoms with Crippen LogP contribution in [0.4, 0.5) is 0 Å². The van der Waals surface area contributed by atoms with Crippen molar-refractivity contribution < 1.29 is 5.11 Å². The molecule has 2 heteroatoms. The van der Waals surface area contributed by atoms with Crippen LogP contribution < -0.4 is 0 Å². The van der Waals surface area contributed by atoms with Gasteiger partial charge in [-0.05, 0) is 18.2 Å². The van der Waals surface area contributed by atoms with Crippen molar-refractivity contribution in [2.24, 2.45) is 0 Å². The molecule has 0 amide bonds. The number of aliphatic hydroxyl groups is 1.